The predicted octanol–water partition coefficient (Wildman–Crippen LogP) is 0.265. The summed E-state index contributed by atoms with van der Waals surface area (Å²) < 4.78 is 5.25. The van der Waals surface area contributed by atoms with E-state index in [4.69, 9.17) is 10.5 Å². The topological polar surface area (TPSA) is 64.3 Å². The van der Waals surface area contributed by atoms with Crippen LogP contribution < -0.4 is 11.1 Å². The molecular weight excluding hydrogens is 180 g/mol. The summed E-state index contributed by atoms with van der Waals surface area (Å²) in [7, 11) is 0. The summed E-state index contributed by atoms with van der Waals surface area (Å²) in [5.74, 6) is 0.374. The van der Waals surface area contributed by atoms with Crippen molar-refractivity contribution in [3.8, 4) is 0 Å². The van der Waals surface area contributed by atoms with E-state index in [1.165, 1.54) is 0 Å². The molecule has 0 aromatic heterocycles. The number of hydrogen-bond donors (Lipinski definition) is 2. The lowest BCUT2D eigenvalue weighted by molar-refractivity contribution is -0.130. The van der Waals surface area contributed by atoms with Crippen molar-refractivity contribution < 1.29 is 9.53 Å². The van der Waals surface area contributed by atoms with Crippen molar-refractivity contribution in [2.45, 2.75) is 38.8 Å². The van der Waals surface area contributed by atoms with Gasteiger partial charge in [0.15, 0.2) is 0 Å². The van der Waals surface area contributed by atoms with Gasteiger partial charge in [-0.1, -0.05) is 13.8 Å². The molecule has 1 amide bonds. The third-order valence-electron chi connectivity index (χ3n) is 2.59. The summed E-state index contributed by atoms with van der Waals surface area (Å²) in [5.41, 5.74) is 5.81. The van der Waals surface area contributed by atoms with Gasteiger partial charge in [0, 0.05) is 19.2 Å². The summed E-state index contributed by atoms with van der Waals surface area (Å²) in [6, 6.07) is 0.0281. The minimum atomic E-state index is -0.241. The Hall–Kier alpha value is -0.610. The van der Waals surface area contributed by atoms with E-state index in [2.05, 4.69) is 5.32 Å². The Bertz CT molecular complexity index is 189. The van der Waals surface area contributed by atoms with Gasteiger partial charge in [0.2, 0.25) is 5.91 Å². The van der Waals surface area contributed by atoms with Crippen LogP contribution in [0, 0.1) is 5.92 Å². The van der Waals surface area contributed by atoms with Crippen LogP contribution in [-0.2, 0) is 9.53 Å². The van der Waals surface area contributed by atoms with E-state index >= 15 is 0 Å². The monoisotopic (exact) mass is 200 g/mol. The molecule has 1 rings (SSSR count). The zero-order valence-corrected chi connectivity index (χ0v) is 8.95. The van der Waals surface area contributed by atoms with E-state index in [1.54, 1.807) is 0 Å². The fourth-order valence-corrected chi connectivity index (χ4v) is 1.35. The van der Waals surface area contributed by atoms with Crippen LogP contribution in [-0.4, -0.2) is 31.2 Å². The quantitative estimate of drug-likeness (QED) is 0.684. The molecule has 0 aromatic carbocycles. The number of ether oxygens (including phenoxy) is 1. The number of rotatable bonds is 4. The second kappa shape index (κ2) is 5.32. The van der Waals surface area contributed by atoms with Crippen molar-refractivity contribution in [2.75, 3.05) is 13.2 Å². The first-order valence-corrected chi connectivity index (χ1v) is 5.26. The first-order chi connectivity index (χ1) is 6.61. The number of hydrogen-bond acceptors (Lipinski definition) is 3. The number of nitrogens with two attached hydrogens (primary N) is 1. The fourth-order valence-electron chi connectivity index (χ4n) is 1.35. The minimum Gasteiger partial charge on any atom is -0.368 e. The van der Waals surface area contributed by atoms with Crippen LogP contribution in [0.3, 0.4) is 0 Å². The molecule has 1 aliphatic rings. The molecular formula is C10H20N2O2. The molecule has 1 aliphatic heterocycles. The van der Waals surface area contributed by atoms with Crippen LogP contribution >= 0.6 is 0 Å². The molecule has 4 nitrogen and oxygen atoms in total. The van der Waals surface area contributed by atoms with Crippen molar-refractivity contribution in [1.82, 2.24) is 5.32 Å². The Kier molecular flexibility index (Phi) is 4.35. The van der Waals surface area contributed by atoms with Crippen molar-refractivity contribution in [3.63, 3.8) is 0 Å². The maximum atomic E-state index is 11.5. The SMILES string of the molecule is CC(C)C(N)CNC(=O)[C@@H]1CCCO1. The minimum absolute atomic E-state index is 0.0152. The fraction of sp³-hybridized carbons (Fsp3) is 0.900. The zero-order valence-electron chi connectivity index (χ0n) is 8.95. The van der Waals surface area contributed by atoms with Crippen LogP contribution in [0.5, 0.6) is 0 Å². The average molecular weight is 200 g/mol. The van der Waals surface area contributed by atoms with Crippen LogP contribution in [0.4, 0.5) is 0 Å². The van der Waals surface area contributed by atoms with Crippen molar-refractivity contribution in [1.29, 1.82) is 0 Å². The van der Waals surface area contributed by atoms with Gasteiger partial charge in [0.05, 0.1) is 0 Å². The summed E-state index contributed by atoms with van der Waals surface area (Å²) in [6.07, 6.45) is 1.58. The van der Waals surface area contributed by atoms with E-state index < -0.39 is 0 Å². The van der Waals surface area contributed by atoms with Gasteiger partial charge in [-0.05, 0) is 18.8 Å². The third-order valence-corrected chi connectivity index (χ3v) is 2.59. The Morgan fingerprint density at radius 3 is 2.86 bits per heavy atom. The highest BCUT2D eigenvalue weighted by Gasteiger charge is 2.23. The lowest BCUT2D eigenvalue weighted by Crippen LogP contribution is -2.43. The Morgan fingerprint density at radius 1 is 1.64 bits per heavy atom. The van der Waals surface area contributed by atoms with E-state index in [1.807, 2.05) is 13.8 Å². The molecule has 0 radical (unpaired) electrons. The van der Waals surface area contributed by atoms with Gasteiger partial charge in [-0.3, -0.25) is 4.79 Å². The molecule has 3 N–H and O–H groups in total. The molecule has 14 heavy (non-hydrogen) atoms. The molecule has 1 saturated heterocycles. The number of carbonyl (C=O) groups is 1. The molecule has 0 aromatic rings. The highest BCUT2D eigenvalue weighted by atomic mass is 16.5. The normalized spacial score (nSPS) is 23.9. The van der Waals surface area contributed by atoms with Gasteiger partial charge in [0.25, 0.3) is 0 Å². The van der Waals surface area contributed by atoms with Gasteiger partial charge >= 0.3 is 0 Å². The Labute approximate surface area is 85.2 Å². The molecule has 0 aliphatic carbocycles. The number of amides is 1. The molecule has 82 valence electrons. The van der Waals surface area contributed by atoms with Crippen molar-refractivity contribution in [2.24, 2.45) is 11.7 Å². The van der Waals surface area contributed by atoms with Gasteiger partial charge in [-0.25, -0.2) is 0 Å². The zero-order chi connectivity index (χ0) is 10.6. The summed E-state index contributed by atoms with van der Waals surface area (Å²) in [4.78, 5) is 11.5. The van der Waals surface area contributed by atoms with Gasteiger partial charge in [-0.15, -0.1) is 0 Å². The first kappa shape index (κ1) is 11.5. The summed E-state index contributed by atoms with van der Waals surface area (Å²) in [5, 5.41) is 2.82. The molecule has 2 atom stereocenters. The first-order valence-electron chi connectivity index (χ1n) is 5.26. The largest absolute Gasteiger partial charge is 0.368 e. The van der Waals surface area contributed by atoms with Crippen LogP contribution in [0.1, 0.15) is 26.7 Å². The molecule has 4 heteroatoms. The second-order valence-electron chi connectivity index (χ2n) is 4.15. The van der Waals surface area contributed by atoms with Gasteiger partial charge in [-0.2, -0.15) is 0 Å². The standard InChI is InChI=1S/C10H20N2O2/c1-7(2)8(11)6-12-10(13)9-4-3-5-14-9/h7-9H,3-6,11H2,1-2H3,(H,12,13)/t8?,9-/m0/s1. The van der Waals surface area contributed by atoms with E-state index in [0.29, 0.717) is 19.1 Å². The van der Waals surface area contributed by atoms with Crippen LogP contribution in [0.2, 0.25) is 0 Å². The Morgan fingerprint density at radius 2 is 2.36 bits per heavy atom. The number of carbonyl (C=O) groups excluding carboxylic acids is 1. The molecule has 1 fully saturated rings. The summed E-state index contributed by atoms with van der Waals surface area (Å²) >= 11 is 0. The maximum absolute atomic E-state index is 11.5. The van der Waals surface area contributed by atoms with Gasteiger partial charge in [0.1, 0.15) is 6.10 Å². The smallest absolute Gasteiger partial charge is 0.249 e. The molecule has 1 heterocycles. The molecule has 0 bridgehead atoms. The molecule has 0 spiro atoms. The van der Waals surface area contributed by atoms with Crippen molar-refractivity contribution in [3.05, 3.63) is 0 Å². The second-order valence-corrected chi connectivity index (χ2v) is 4.15. The third kappa shape index (κ3) is 3.27. The Balaban J connectivity index is 2.20. The van der Waals surface area contributed by atoms with E-state index in [0.717, 1.165) is 12.8 Å². The van der Waals surface area contributed by atoms with Crippen molar-refractivity contribution >= 4 is 5.91 Å². The predicted molar refractivity (Wildman–Crippen MR) is 54.8 cm³/mol. The molecule has 1 unspecified atom stereocenters. The maximum Gasteiger partial charge on any atom is 0.249 e. The average Bonchev–Trinajstić information content (AvgIpc) is 2.66. The highest BCUT2D eigenvalue weighted by molar-refractivity contribution is 5.80. The number of nitrogens with one attached hydrogen (secondary N) is 1. The van der Waals surface area contributed by atoms with Crippen LogP contribution in [0.15, 0.2) is 0 Å². The lowest BCUT2D eigenvalue weighted by atomic mass is 10.1. The summed E-state index contributed by atoms with van der Waals surface area (Å²) in [6.45, 7) is 5.33. The van der Waals surface area contributed by atoms with Crippen LogP contribution in [0.25, 0.3) is 0 Å². The lowest BCUT2D eigenvalue weighted by Gasteiger charge is -2.17. The van der Waals surface area contributed by atoms with Gasteiger partial charge < -0.3 is 15.8 Å². The van der Waals surface area contributed by atoms with E-state index in [9.17, 15) is 4.79 Å². The highest BCUT2D eigenvalue weighted by Crippen LogP contribution is 2.11. The molecule has 0 saturated carbocycles. The van der Waals surface area contributed by atoms with E-state index in [-0.39, 0.29) is 18.1 Å².